The molecule has 0 spiro atoms. The van der Waals surface area contributed by atoms with Crippen molar-refractivity contribution in [3.05, 3.63) is 0 Å². The zero-order valence-corrected chi connectivity index (χ0v) is 12.0. The van der Waals surface area contributed by atoms with Crippen LogP contribution in [0.2, 0.25) is 0 Å². The van der Waals surface area contributed by atoms with E-state index >= 15 is 0 Å². The number of nitrogens with zero attached hydrogens (tertiary/aromatic N) is 3. The predicted molar refractivity (Wildman–Crippen MR) is 71.2 cm³/mol. The standard InChI is InChI=1S/C13H21N3O4/c1-13(11(18)19)5-3-4-6-16(13)10(17)9-15-8-7-14(2)12(15)20/h3-9H2,1-2H3,(H,18,19)/t13-/m1/s1. The number of rotatable bonds is 3. The van der Waals surface area contributed by atoms with Crippen LogP contribution < -0.4 is 0 Å². The van der Waals surface area contributed by atoms with Crippen molar-refractivity contribution in [3.8, 4) is 0 Å². The summed E-state index contributed by atoms with van der Waals surface area (Å²) < 4.78 is 0. The molecule has 112 valence electrons. The van der Waals surface area contributed by atoms with E-state index in [2.05, 4.69) is 0 Å². The van der Waals surface area contributed by atoms with Crippen molar-refractivity contribution in [1.82, 2.24) is 14.7 Å². The second kappa shape index (κ2) is 5.30. The molecule has 0 aliphatic carbocycles. The summed E-state index contributed by atoms with van der Waals surface area (Å²) in [6.07, 6.45) is 2.07. The second-order valence-corrected chi connectivity index (χ2v) is 5.71. The number of urea groups is 1. The quantitative estimate of drug-likeness (QED) is 0.803. The third kappa shape index (κ3) is 2.44. The van der Waals surface area contributed by atoms with E-state index in [0.717, 1.165) is 12.8 Å². The van der Waals surface area contributed by atoms with Crippen LogP contribution >= 0.6 is 0 Å². The third-order valence-corrected chi connectivity index (χ3v) is 4.28. The highest BCUT2D eigenvalue weighted by molar-refractivity contribution is 5.90. The topological polar surface area (TPSA) is 81.2 Å². The van der Waals surface area contributed by atoms with Gasteiger partial charge >= 0.3 is 12.0 Å². The van der Waals surface area contributed by atoms with Crippen LogP contribution in [0.5, 0.6) is 0 Å². The first kappa shape index (κ1) is 14.6. The van der Waals surface area contributed by atoms with E-state index in [1.54, 1.807) is 18.9 Å². The van der Waals surface area contributed by atoms with E-state index in [4.69, 9.17) is 0 Å². The first-order valence-corrected chi connectivity index (χ1v) is 6.90. The minimum absolute atomic E-state index is 0.0357. The minimum Gasteiger partial charge on any atom is -0.480 e. The number of piperidine rings is 1. The van der Waals surface area contributed by atoms with Crippen molar-refractivity contribution in [2.45, 2.75) is 31.7 Å². The lowest BCUT2D eigenvalue weighted by atomic mass is 9.88. The SMILES string of the molecule is CN1CCN(CC(=O)N2CCCC[C@]2(C)C(=O)O)C1=O. The molecule has 2 fully saturated rings. The number of amides is 3. The lowest BCUT2D eigenvalue weighted by molar-refractivity contribution is -0.161. The molecule has 2 saturated heterocycles. The number of carboxylic acid groups (broad SMARTS) is 1. The monoisotopic (exact) mass is 283 g/mol. The molecule has 20 heavy (non-hydrogen) atoms. The van der Waals surface area contributed by atoms with Crippen LogP contribution in [0.1, 0.15) is 26.2 Å². The molecule has 0 unspecified atom stereocenters. The smallest absolute Gasteiger partial charge is 0.329 e. The van der Waals surface area contributed by atoms with Crippen molar-refractivity contribution in [1.29, 1.82) is 0 Å². The highest BCUT2D eigenvalue weighted by Crippen LogP contribution is 2.28. The molecule has 2 aliphatic rings. The number of aliphatic carboxylic acids is 1. The van der Waals surface area contributed by atoms with Gasteiger partial charge in [-0.2, -0.15) is 0 Å². The van der Waals surface area contributed by atoms with Crippen LogP contribution in [-0.4, -0.2) is 76.5 Å². The molecule has 3 amide bonds. The maximum absolute atomic E-state index is 12.4. The van der Waals surface area contributed by atoms with Gasteiger partial charge in [0.15, 0.2) is 0 Å². The Morgan fingerprint density at radius 2 is 1.95 bits per heavy atom. The highest BCUT2D eigenvalue weighted by atomic mass is 16.4. The van der Waals surface area contributed by atoms with E-state index in [9.17, 15) is 19.5 Å². The fourth-order valence-electron chi connectivity index (χ4n) is 2.84. The Morgan fingerprint density at radius 3 is 2.50 bits per heavy atom. The van der Waals surface area contributed by atoms with Gasteiger partial charge < -0.3 is 19.8 Å². The normalized spacial score (nSPS) is 27.1. The molecule has 0 radical (unpaired) electrons. The van der Waals surface area contributed by atoms with E-state index < -0.39 is 11.5 Å². The molecular formula is C13H21N3O4. The van der Waals surface area contributed by atoms with Gasteiger partial charge in [-0.1, -0.05) is 0 Å². The van der Waals surface area contributed by atoms with Crippen molar-refractivity contribution >= 4 is 17.9 Å². The van der Waals surface area contributed by atoms with Gasteiger partial charge in [0.1, 0.15) is 12.1 Å². The largest absolute Gasteiger partial charge is 0.480 e. The molecule has 0 aromatic carbocycles. The Bertz CT molecular complexity index is 439. The van der Waals surface area contributed by atoms with Gasteiger partial charge in [-0.25, -0.2) is 9.59 Å². The van der Waals surface area contributed by atoms with Crippen LogP contribution in [0.15, 0.2) is 0 Å². The Balaban J connectivity index is 2.07. The Morgan fingerprint density at radius 1 is 1.25 bits per heavy atom. The zero-order valence-electron chi connectivity index (χ0n) is 12.0. The number of carboxylic acids is 1. The third-order valence-electron chi connectivity index (χ3n) is 4.28. The molecule has 2 aliphatic heterocycles. The van der Waals surface area contributed by atoms with Gasteiger partial charge in [-0.05, 0) is 26.2 Å². The fourth-order valence-corrected chi connectivity index (χ4v) is 2.84. The van der Waals surface area contributed by atoms with Gasteiger partial charge in [0.05, 0.1) is 0 Å². The lowest BCUT2D eigenvalue weighted by Gasteiger charge is -2.42. The molecule has 7 heteroatoms. The van der Waals surface area contributed by atoms with Crippen LogP contribution in [0.3, 0.4) is 0 Å². The van der Waals surface area contributed by atoms with Crippen LogP contribution in [-0.2, 0) is 9.59 Å². The average Bonchev–Trinajstić information content (AvgIpc) is 2.71. The Labute approximate surface area is 118 Å². The number of hydrogen-bond donors (Lipinski definition) is 1. The maximum Gasteiger partial charge on any atom is 0.329 e. The van der Waals surface area contributed by atoms with Gasteiger partial charge in [-0.3, -0.25) is 4.79 Å². The van der Waals surface area contributed by atoms with Crippen molar-refractivity contribution in [2.24, 2.45) is 0 Å². The predicted octanol–water partition coefficient (Wildman–Crippen LogP) is 0.210. The average molecular weight is 283 g/mol. The highest BCUT2D eigenvalue weighted by Gasteiger charge is 2.44. The maximum atomic E-state index is 12.4. The van der Waals surface area contributed by atoms with E-state index in [-0.39, 0.29) is 18.5 Å². The Hall–Kier alpha value is -1.79. The van der Waals surface area contributed by atoms with Gasteiger partial charge in [0.2, 0.25) is 5.91 Å². The molecule has 0 aromatic heterocycles. The second-order valence-electron chi connectivity index (χ2n) is 5.71. The first-order valence-electron chi connectivity index (χ1n) is 6.90. The van der Waals surface area contributed by atoms with Gasteiger partial charge in [0.25, 0.3) is 0 Å². The minimum atomic E-state index is -1.15. The van der Waals surface area contributed by atoms with E-state index in [1.165, 1.54) is 9.80 Å². The van der Waals surface area contributed by atoms with Crippen LogP contribution in [0, 0.1) is 0 Å². The number of carbonyl (C=O) groups is 3. The van der Waals surface area contributed by atoms with Crippen molar-refractivity contribution < 1.29 is 19.5 Å². The summed E-state index contributed by atoms with van der Waals surface area (Å²) in [4.78, 5) is 40.1. The molecule has 1 atom stereocenters. The molecule has 1 N–H and O–H groups in total. The summed E-state index contributed by atoms with van der Waals surface area (Å²) in [5.41, 5.74) is -1.15. The number of hydrogen-bond acceptors (Lipinski definition) is 3. The molecule has 0 aromatic rings. The van der Waals surface area contributed by atoms with Crippen LogP contribution in [0.4, 0.5) is 4.79 Å². The van der Waals surface area contributed by atoms with E-state index in [1.807, 2.05) is 0 Å². The van der Waals surface area contributed by atoms with Crippen molar-refractivity contribution in [3.63, 3.8) is 0 Å². The summed E-state index contributed by atoms with van der Waals surface area (Å²) in [7, 11) is 1.69. The number of likely N-dealkylation sites (tertiary alicyclic amines) is 1. The molecule has 2 rings (SSSR count). The molecule has 2 heterocycles. The van der Waals surface area contributed by atoms with Crippen molar-refractivity contribution in [2.75, 3.05) is 33.2 Å². The summed E-state index contributed by atoms with van der Waals surface area (Å²) in [6, 6.07) is -0.174. The molecule has 7 nitrogen and oxygen atoms in total. The Kier molecular flexibility index (Phi) is 3.87. The van der Waals surface area contributed by atoms with Crippen LogP contribution in [0.25, 0.3) is 0 Å². The number of carbonyl (C=O) groups excluding carboxylic acids is 2. The molecule has 0 saturated carbocycles. The first-order chi connectivity index (χ1) is 9.36. The summed E-state index contributed by atoms with van der Waals surface area (Å²) in [6.45, 7) is 3.11. The summed E-state index contributed by atoms with van der Waals surface area (Å²) >= 11 is 0. The summed E-state index contributed by atoms with van der Waals surface area (Å²) in [5.74, 6) is -1.26. The molecule has 0 bridgehead atoms. The lowest BCUT2D eigenvalue weighted by Crippen LogP contribution is -2.59. The summed E-state index contributed by atoms with van der Waals surface area (Å²) in [5, 5.41) is 9.39. The van der Waals surface area contributed by atoms with E-state index in [0.29, 0.717) is 26.1 Å². The molecular weight excluding hydrogens is 262 g/mol. The zero-order chi connectivity index (χ0) is 14.9. The fraction of sp³-hybridized carbons (Fsp3) is 0.769. The number of likely N-dealkylation sites (N-methyl/N-ethyl adjacent to an activating group) is 1. The van der Waals surface area contributed by atoms with Gasteiger partial charge in [-0.15, -0.1) is 0 Å². The van der Waals surface area contributed by atoms with Gasteiger partial charge in [0, 0.05) is 26.7 Å².